The third-order valence-electron chi connectivity index (χ3n) is 4.20. The molecule has 3 nitrogen and oxygen atoms in total. The predicted molar refractivity (Wildman–Crippen MR) is 98.7 cm³/mol. The number of hydrogen-bond acceptors (Lipinski definition) is 1. The largest absolute Gasteiger partial charge is 0.351 e. The lowest BCUT2D eigenvalue weighted by Gasteiger charge is -2.17. The Bertz CT molecular complexity index is 683. The van der Waals surface area contributed by atoms with E-state index in [9.17, 15) is 9.18 Å². The van der Waals surface area contributed by atoms with Crippen molar-refractivity contribution in [2.45, 2.75) is 33.2 Å². The number of carbonyl (C=O) groups is 1. The van der Waals surface area contributed by atoms with Crippen molar-refractivity contribution in [1.82, 2.24) is 5.32 Å². The van der Waals surface area contributed by atoms with Gasteiger partial charge in [0.15, 0.2) is 6.54 Å². The van der Waals surface area contributed by atoms with Crippen molar-refractivity contribution in [3.05, 3.63) is 71.0 Å². The molecule has 0 spiro atoms. The highest BCUT2D eigenvalue weighted by molar-refractivity contribution is 5.76. The van der Waals surface area contributed by atoms with Crippen molar-refractivity contribution in [3.63, 3.8) is 0 Å². The van der Waals surface area contributed by atoms with Crippen LogP contribution in [0.15, 0.2) is 48.5 Å². The highest BCUT2D eigenvalue weighted by atomic mass is 19.1. The SMILES string of the molecule is CCc1ccc([C@@H]([NH2+]CC(=O)NCC(C)C)c2cccc(F)c2)cc1. The Morgan fingerprint density at radius 3 is 2.44 bits per heavy atom. The topological polar surface area (TPSA) is 45.7 Å². The fraction of sp³-hybridized carbons (Fsp3) is 0.381. The van der Waals surface area contributed by atoms with Gasteiger partial charge in [0, 0.05) is 17.7 Å². The Morgan fingerprint density at radius 2 is 1.84 bits per heavy atom. The van der Waals surface area contributed by atoms with Crippen LogP contribution in [0, 0.1) is 11.7 Å². The molecule has 0 aliphatic rings. The van der Waals surface area contributed by atoms with Crippen molar-refractivity contribution in [3.8, 4) is 0 Å². The van der Waals surface area contributed by atoms with Gasteiger partial charge >= 0.3 is 0 Å². The Balaban J connectivity index is 2.15. The summed E-state index contributed by atoms with van der Waals surface area (Å²) < 4.78 is 13.7. The molecule has 0 fully saturated rings. The van der Waals surface area contributed by atoms with E-state index in [0.29, 0.717) is 19.0 Å². The molecule has 0 saturated carbocycles. The maximum absolute atomic E-state index is 13.7. The average molecular weight is 343 g/mol. The number of hydrogen-bond donors (Lipinski definition) is 2. The van der Waals surface area contributed by atoms with Crippen LogP contribution >= 0.6 is 0 Å². The molecular weight excluding hydrogens is 315 g/mol. The molecule has 0 aliphatic heterocycles. The van der Waals surface area contributed by atoms with E-state index >= 15 is 0 Å². The second kappa shape index (κ2) is 9.33. The van der Waals surface area contributed by atoms with Crippen molar-refractivity contribution < 1.29 is 14.5 Å². The number of benzene rings is 2. The van der Waals surface area contributed by atoms with Crippen LogP contribution in [-0.2, 0) is 11.2 Å². The van der Waals surface area contributed by atoms with Crippen LogP contribution < -0.4 is 10.6 Å². The molecule has 0 saturated heterocycles. The van der Waals surface area contributed by atoms with Crippen LogP contribution in [0.4, 0.5) is 4.39 Å². The first-order valence-corrected chi connectivity index (χ1v) is 8.94. The molecular formula is C21H28FN2O+. The van der Waals surface area contributed by atoms with Gasteiger partial charge in [-0.3, -0.25) is 4.79 Å². The third-order valence-corrected chi connectivity index (χ3v) is 4.20. The number of aryl methyl sites for hydroxylation is 1. The number of carbonyl (C=O) groups excluding carboxylic acids is 1. The smallest absolute Gasteiger partial charge is 0.275 e. The lowest BCUT2D eigenvalue weighted by Crippen LogP contribution is -2.87. The van der Waals surface area contributed by atoms with E-state index in [1.807, 2.05) is 11.4 Å². The molecule has 25 heavy (non-hydrogen) atoms. The van der Waals surface area contributed by atoms with E-state index in [1.54, 1.807) is 12.1 Å². The highest BCUT2D eigenvalue weighted by Crippen LogP contribution is 2.20. The molecule has 1 amide bonds. The number of amides is 1. The first-order chi connectivity index (χ1) is 12.0. The van der Waals surface area contributed by atoms with Crippen LogP contribution in [0.1, 0.15) is 43.5 Å². The Morgan fingerprint density at radius 1 is 1.12 bits per heavy atom. The number of nitrogens with two attached hydrogens (primary N) is 1. The Hall–Kier alpha value is -2.20. The van der Waals surface area contributed by atoms with Crippen molar-refractivity contribution >= 4 is 5.91 Å². The summed E-state index contributed by atoms with van der Waals surface area (Å²) in [5, 5.41) is 4.89. The monoisotopic (exact) mass is 343 g/mol. The molecule has 0 bridgehead atoms. The van der Waals surface area contributed by atoms with Crippen LogP contribution in [-0.4, -0.2) is 19.0 Å². The fourth-order valence-electron chi connectivity index (χ4n) is 2.74. The summed E-state index contributed by atoms with van der Waals surface area (Å²) in [4.78, 5) is 12.1. The maximum Gasteiger partial charge on any atom is 0.275 e. The van der Waals surface area contributed by atoms with Gasteiger partial charge in [-0.2, -0.15) is 0 Å². The maximum atomic E-state index is 13.7. The number of nitrogens with one attached hydrogen (secondary N) is 1. The zero-order chi connectivity index (χ0) is 18.2. The molecule has 0 unspecified atom stereocenters. The Labute approximate surface area is 149 Å². The molecule has 0 radical (unpaired) electrons. The number of halogens is 1. The number of quaternary nitrogens is 1. The standard InChI is InChI=1S/C21H27FN2O/c1-4-16-8-10-17(11-9-16)21(18-6-5-7-19(22)12-18)24-14-20(25)23-13-15(2)3/h5-12,15,21,24H,4,13-14H2,1-3H3,(H,23,25)/p+1/t21-/m1/s1. The van der Waals surface area contributed by atoms with Gasteiger partial charge in [-0.1, -0.05) is 57.2 Å². The molecule has 3 N–H and O–H groups in total. The fourth-order valence-corrected chi connectivity index (χ4v) is 2.74. The molecule has 1 atom stereocenters. The summed E-state index contributed by atoms with van der Waals surface area (Å²) in [6.45, 7) is 7.22. The first kappa shape index (κ1) is 19.1. The minimum atomic E-state index is -0.259. The van der Waals surface area contributed by atoms with Crippen molar-refractivity contribution in [2.75, 3.05) is 13.1 Å². The summed E-state index contributed by atoms with van der Waals surface area (Å²) >= 11 is 0. The van der Waals surface area contributed by atoms with Crippen LogP contribution in [0.25, 0.3) is 0 Å². The lowest BCUT2D eigenvalue weighted by atomic mass is 9.97. The van der Waals surface area contributed by atoms with Gasteiger partial charge in [0.2, 0.25) is 0 Å². The third kappa shape index (κ3) is 5.98. The zero-order valence-electron chi connectivity index (χ0n) is 15.3. The highest BCUT2D eigenvalue weighted by Gasteiger charge is 2.19. The first-order valence-electron chi connectivity index (χ1n) is 8.94. The molecule has 134 valence electrons. The van der Waals surface area contributed by atoms with E-state index in [0.717, 1.165) is 17.5 Å². The van der Waals surface area contributed by atoms with Gasteiger partial charge in [0.1, 0.15) is 11.9 Å². The van der Waals surface area contributed by atoms with E-state index in [-0.39, 0.29) is 17.8 Å². The molecule has 0 aromatic heterocycles. The second-order valence-corrected chi connectivity index (χ2v) is 6.77. The van der Waals surface area contributed by atoms with E-state index in [4.69, 9.17) is 0 Å². The van der Waals surface area contributed by atoms with Gasteiger partial charge in [0.05, 0.1) is 0 Å². The van der Waals surface area contributed by atoms with Crippen LogP contribution in [0.5, 0.6) is 0 Å². The number of rotatable bonds is 8. The second-order valence-electron chi connectivity index (χ2n) is 6.77. The lowest BCUT2D eigenvalue weighted by molar-refractivity contribution is -0.676. The molecule has 0 aliphatic carbocycles. The van der Waals surface area contributed by atoms with E-state index < -0.39 is 0 Å². The van der Waals surface area contributed by atoms with E-state index in [1.165, 1.54) is 11.6 Å². The van der Waals surface area contributed by atoms with Gasteiger partial charge in [-0.25, -0.2) is 4.39 Å². The summed E-state index contributed by atoms with van der Waals surface area (Å²) in [7, 11) is 0. The molecule has 4 heteroatoms. The molecule has 2 rings (SSSR count). The minimum Gasteiger partial charge on any atom is -0.351 e. The molecule has 2 aromatic carbocycles. The molecule has 2 aromatic rings. The van der Waals surface area contributed by atoms with Gasteiger partial charge in [0.25, 0.3) is 5.91 Å². The Kier molecular flexibility index (Phi) is 7.14. The normalized spacial score (nSPS) is 12.2. The van der Waals surface area contributed by atoms with Gasteiger partial charge in [-0.15, -0.1) is 0 Å². The predicted octanol–water partition coefficient (Wildman–Crippen LogP) is 2.81. The summed E-state index contributed by atoms with van der Waals surface area (Å²) in [6, 6.07) is 14.8. The molecule has 0 heterocycles. The van der Waals surface area contributed by atoms with E-state index in [2.05, 4.69) is 50.4 Å². The van der Waals surface area contributed by atoms with Gasteiger partial charge < -0.3 is 10.6 Å². The van der Waals surface area contributed by atoms with Crippen LogP contribution in [0.3, 0.4) is 0 Å². The summed E-state index contributed by atoms with van der Waals surface area (Å²) in [5.41, 5.74) is 3.19. The zero-order valence-corrected chi connectivity index (χ0v) is 15.3. The van der Waals surface area contributed by atoms with Gasteiger partial charge in [-0.05, 0) is 30.0 Å². The van der Waals surface area contributed by atoms with Crippen molar-refractivity contribution in [2.24, 2.45) is 5.92 Å². The summed E-state index contributed by atoms with van der Waals surface area (Å²) in [5.74, 6) is 0.162. The summed E-state index contributed by atoms with van der Waals surface area (Å²) in [6.07, 6.45) is 0.978. The quantitative estimate of drug-likeness (QED) is 0.761. The van der Waals surface area contributed by atoms with Crippen molar-refractivity contribution in [1.29, 1.82) is 0 Å². The minimum absolute atomic E-state index is 0.000261. The average Bonchev–Trinajstić information content (AvgIpc) is 2.61. The van der Waals surface area contributed by atoms with Crippen LogP contribution in [0.2, 0.25) is 0 Å².